The highest BCUT2D eigenvalue weighted by Gasteiger charge is 2.33. The molecular weight excluding hydrogens is 371 g/mol. The monoisotopic (exact) mass is 388 g/mol. The van der Waals surface area contributed by atoms with E-state index in [1.54, 1.807) is 12.1 Å². The minimum atomic E-state index is -0.342. The SMILES string of the molecule is O=[N+]([O-])c1ccc(N2CC(N3CCNCC3)C2)c(I)c1. The highest BCUT2D eigenvalue weighted by Crippen LogP contribution is 2.31. The van der Waals surface area contributed by atoms with Gasteiger partial charge in [0, 0.05) is 61.0 Å². The highest BCUT2D eigenvalue weighted by molar-refractivity contribution is 14.1. The van der Waals surface area contributed by atoms with Crippen LogP contribution in [0.15, 0.2) is 18.2 Å². The molecule has 0 spiro atoms. The largest absolute Gasteiger partial charge is 0.367 e. The van der Waals surface area contributed by atoms with Gasteiger partial charge < -0.3 is 10.2 Å². The van der Waals surface area contributed by atoms with Gasteiger partial charge in [-0.2, -0.15) is 0 Å². The maximum Gasteiger partial charge on any atom is 0.270 e. The van der Waals surface area contributed by atoms with Crippen LogP contribution in [0.1, 0.15) is 0 Å². The van der Waals surface area contributed by atoms with E-state index in [-0.39, 0.29) is 10.6 Å². The van der Waals surface area contributed by atoms with E-state index >= 15 is 0 Å². The average Bonchev–Trinajstić information content (AvgIpc) is 2.40. The lowest BCUT2D eigenvalue weighted by molar-refractivity contribution is -0.384. The van der Waals surface area contributed by atoms with Crippen LogP contribution in [0.3, 0.4) is 0 Å². The molecule has 0 atom stereocenters. The lowest BCUT2D eigenvalue weighted by Crippen LogP contribution is -2.63. The zero-order chi connectivity index (χ0) is 14.1. The molecule has 3 rings (SSSR count). The van der Waals surface area contributed by atoms with Crippen molar-refractivity contribution in [2.45, 2.75) is 6.04 Å². The molecule has 0 aromatic heterocycles. The van der Waals surface area contributed by atoms with Crippen LogP contribution >= 0.6 is 22.6 Å². The van der Waals surface area contributed by atoms with Crippen molar-refractivity contribution in [3.63, 3.8) is 0 Å². The van der Waals surface area contributed by atoms with Crippen LogP contribution in [-0.4, -0.2) is 55.1 Å². The molecule has 0 saturated carbocycles. The summed E-state index contributed by atoms with van der Waals surface area (Å²) in [5.74, 6) is 0. The normalized spacial score (nSPS) is 20.8. The second kappa shape index (κ2) is 5.82. The second-order valence-corrected chi connectivity index (χ2v) is 6.40. The quantitative estimate of drug-likeness (QED) is 0.481. The number of piperazine rings is 1. The van der Waals surface area contributed by atoms with E-state index in [1.165, 1.54) is 0 Å². The number of hydrogen-bond acceptors (Lipinski definition) is 5. The van der Waals surface area contributed by atoms with Gasteiger partial charge in [-0.05, 0) is 28.7 Å². The van der Waals surface area contributed by atoms with E-state index in [1.807, 2.05) is 6.07 Å². The lowest BCUT2D eigenvalue weighted by Gasteiger charge is -2.48. The van der Waals surface area contributed by atoms with Crippen molar-refractivity contribution >= 4 is 34.0 Å². The molecule has 2 fully saturated rings. The van der Waals surface area contributed by atoms with Crippen molar-refractivity contribution < 1.29 is 4.92 Å². The first kappa shape index (κ1) is 14.0. The van der Waals surface area contributed by atoms with Crippen LogP contribution < -0.4 is 10.2 Å². The predicted octanol–water partition coefficient (Wildman–Crippen LogP) is 1.29. The van der Waals surface area contributed by atoms with E-state index in [2.05, 4.69) is 37.7 Å². The van der Waals surface area contributed by atoms with Crippen LogP contribution in [0.2, 0.25) is 0 Å². The van der Waals surface area contributed by atoms with Gasteiger partial charge in [-0.3, -0.25) is 15.0 Å². The molecule has 2 heterocycles. The van der Waals surface area contributed by atoms with E-state index in [9.17, 15) is 10.1 Å². The average molecular weight is 388 g/mol. The Bertz CT molecular complexity index is 513. The third-order valence-electron chi connectivity index (χ3n) is 4.01. The van der Waals surface area contributed by atoms with Gasteiger partial charge in [0.2, 0.25) is 0 Å². The zero-order valence-electron chi connectivity index (χ0n) is 11.1. The smallest absolute Gasteiger partial charge is 0.270 e. The Kier molecular flexibility index (Phi) is 4.08. The molecule has 108 valence electrons. The van der Waals surface area contributed by atoms with Gasteiger partial charge in [-0.25, -0.2) is 0 Å². The zero-order valence-corrected chi connectivity index (χ0v) is 13.2. The molecule has 1 N–H and O–H groups in total. The molecule has 6 nitrogen and oxygen atoms in total. The fraction of sp³-hybridized carbons (Fsp3) is 0.538. The minimum Gasteiger partial charge on any atom is -0.367 e. The summed E-state index contributed by atoms with van der Waals surface area (Å²) >= 11 is 2.18. The predicted molar refractivity (Wildman–Crippen MR) is 86.3 cm³/mol. The minimum absolute atomic E-state index is 0.164. The van der Waals surface area contributed by atoms with Gasteiger partial charge in [0.1, 0.15) is 0 Å². The van der Waals surface area contributed by atoms with Gasteiger partial charge in [0.15, 0.2) is 0 Å². The first-order valence-corrected chi connectivity index (χ1v) is 7.86. The maximum atomic E-state index is 10.8. The van der Waals surface area contributed by atoms with Crippen molar-refractivity contribution in [3.05, 3.63) is 31.9 Å². The summed E-state index contributed by atoms with van der Waals surface area (Å²) in [4.78, 5) is 15.2. The maximum absolute atomic E-state index is 10.8. The van der Waals surface area contributed by atoms with Gasteiger partial charge in [-0.15, -0.1) is 0 Å². The molecule has 0 amide bonds. The molecule has 2 aliphatic rings. The Morgan fingerprint density at radius 2 is 2.00 bits per heavy atom. The van der Waals surface area contributed by atoms with Crippen molar-refractivity contribution in [2.75, 3.05) is 44.2 Å². The molecule has 2 aliphatic heterocycles. The summed E-state index contributed by atoms with van der Waals surface area (Å²) in [7, 11) is 0. The number of nitro benzene ring substituents is 1. The van der Waals surface area contributed by atoms with Crippen LogP contribution in [0, 0.1) is 13.7 Å². The van der Waals surface area contributed by atoms with Crippen molar-refractivity contribution in [3.8, 4) is 0 Å². The lowest BCUT2D eigenvalue weighted by atomic mass is 10.0. The topological polar surface area (TPSA) is 61.7 Å². The van der Waals surface area contributed by atoms with E-state index < -0.39 is 0 Å². The molecule has 2 saturated heterocycles. The molecule has 0 unspecified atom stereocenters. The standard InChI is InChI=1S/C13H17IN4O2/c14-12-7-10(18(19)20)1-2-13(12)17-8-11(9-17)16-5-3-15-4-6-16/h1-2,7,11,15H,3-6,8-9H2. The summed E-state index contributed by atoms with van der Waals surface area (Å²) in [5, 5.41) is 14.1. The first-order chi connectivity index (χ1) is 9.65. The number of nitrogens with zero attached hydrogens (tertiary/aromatic N) is 3. The second-order valence-electron chi connectivity index (χ2n) is 5.24. The highest BCUT2D eigenvalue weighted by atomic mass is 127. The number of nitro groups is 1. The summed E-state index contributed by atoms with van der Waals surface area (Å²) in [6.45, 7) is 6.43. The van der Waals surface area contributed by atoms with E-state index in [0.717, 1.165) is 48.5 Å². The molecule has 20 heavy (non-hydrogen) atoms. The number of hydrogen-bond donors (Lipinski definition) is 1. The van der Waals surface area contributed by atoms with E-state index in [4.69, 9.17) is 0 Å². The molecular formula is C13H17IN4O2. The number of rotatable bonds is 3. The Morgan fingerprint density at radius 3 is 2.60 bits per heavy atom. The van der Waals surface area contributed by atoms with Crippen molar-refractivity contribution in [1.29, 1.82) is 0 Å². The van der Waals surface area contributed by atoms with Crippen LogP contribution in [0.25, 0.3) is 0 Å². The van der Waals surface area contributed by atoms with Gasteiger partial charge in [-0.1, -0.05) is 0 Å². The molecule has 7 heteroatoms. The summed E-state index contributed by atoms with van der Waals surface area (Å²) in [6, 6.07) is 5.74. The van der Waals surface area contributed by atoms with Crippen LogP contribution in [0.4, 0.5) is 11.4 Å². The number of halogens is 1. The summed E-state index contributed by atoms with van der Waals surface area (Å²) in [5.41, 5.74) is 1.28. The van der Waals surface area contributed by atoms with Crippen LogP contribution in [0.5, 0.6) is 0 Å². The molecule has 0 bridgehead atoms. The Morgan fingerprint density at radius 1 is 1.30 bits per heavy atom. The third-order valence-corrected chi connectivity index (χ3v) is 4.88. The molecule has 0 aliphatic carbocycles. The first-order valence-electron chi connectivity index (χ1n) is 6.79. The number of anilines is 1. The Hall–Kier alpha value is -0.930. The summed E-state index contributed by atoms with van der Waals surface area (Å²) < 4.78 is 0.954. The van der Waals surface area contributed by atoms with Gasteiger partial charge in [0.05, 0.1) is 10.6 Å². The van der Waals surface area contributed by atoms with Crippen molar-refractivity contribution in [2.24, 2.45) is 0 Å². The summed E-state index contributed by atoms with van der Waals surface area (Å²) in [6.07, 6.45) is 0. The Balaban J connectivity index is 1.63. The number of benzene rings is 1. The fourth-order valence-corrected chi connectivity index (χ4v) is 3.64. The van der Waals surface area contributed by atoms with E-state index in [0.29, 0.717) is 6.04 Å². The number of non-ortho nitro benzene ring substituents is 1. The van der Waals surface area contributed by atoms with Crippen molar-refractivity contribution in [1.82, 2.24) is 10.2 Å². The Labute approximate surface area is 131 Å². The fourth-order valence-electron chi connectivity index (χ4n) is 2.80. The van der Waals surface area contributed by atoms with Crippen LogP contribution in [-0.2, 0) is 0 Å². The van der Waals surface area contributed by atoms with Gasteiger partial charge >= 0.3 is 0 Å². The molecule has 1 aromatic carbocycles. The molecule has 0 radical (unpaired) electrons. The number of nitrogens with one attached hydrogen (secondary N) is 1. The third kappa shape index (κ3) is 2.75. The van der Waals surface area contributed by atoms with Gasteiger partial charge in [0.25, 0.3) is 5.69 Å². The molecule has 1 aromatic rings.